The first-order valence-electron chi connectivity index (χ1n) is 9.11. The molecule has 6 nitrogen and oxygen atoms in total. The maximum atomic E-state index is 4.63. The van der Waals surface area contributed by atoms with Gasteiger partial charge in [0.1, 0.15) is 5.82 Å². The number of nitrogens with one attached hydrogen (secondary N) is 1. The molecule has 1 saturated heterocycles. The minimum absolute atomic E-state index is 0.567. The molecule has 0 bridgehead atoms. The molecule has 2 aromatic rings. The second kappa shape index (κ2) is 8.24. The molecular weight excluding hydrogens is 300 g/mol. The third-order valence-electron chi connectivity index (χ3n) is 5.06. The van der Waals surface area contributed by atoms with Crippen LogP contribution in [0.4, 0.5) is 5.82 Å². The van der Waals surface area contributed by atoms with Crippen molar-refractivity contribution in [1.82, 2.24) is 24.6 Å². The zero-order valence-corrected chi connectivity index (χ0v) is 14.7. The van der Waals surface area contributed by atoms with Gasteiger partial charge in [0.15, 0.2) is 5.82 Å². The molecule has 0 aromatic carbocycles. The molecule has 0 saturated carbocycles. The summed E-state index contributed by atoms with van der Waals surface area (Å²) >= 11 is 0. The van der Waals surface area contributed by atoms with Crippen molar-refractivity contribution in [2.24, 2.45) is 5.92 Å². The van der Waals surface area contributed by atoms with Gasteiger partial charge in [0.25, 0.3) is 0 Å². The summed E-state index contributed by atoms with van der Waals surface area (Å²) in [5, 5.41) is 7.74. The maximum Gasteiger partial charge on any atom is 0.173 e. The molecule has 0 radical (unpaired) electrons. The summed E-state index contributed by atoms with van der Waals surface area (Å²) in [6.07, 6.45) is 12.2. The highest BCUT2D eigenvalue weighted by Crippen LogP contribution is 2.23. The van der Waals surface area contributed by atoms with E-state index < -0.39 is 0 Å². The van der Waals surface area contributed by atoms with Crippen LogP contribution in [0.1, 0.15) is 39.5 Å². The number of rotatable bonds is 8. The van der Waals surface area contributed by atoms with Gasteiger partial charge in [-0.3, -0.25) is 9.88 Å². The first-order valence-corrected chi connectivity index (χ1v) is 9.11. The Labute approximate surface area is 144 Å². The van der Waals surface area contributed by atoms with Crippen molar-refractivity contribution < 1.29 is 0 Å². The standard InChI is InChI=1S/C18H28N6/c1-3-15(4-2)16(23-9-5-6-10-23)12-20-17-13-19-14-18(22-17)24-11-7-8-21-24/h7-8,11,13-16H,3-6,9-10,12H2,1-2H3,(H,20,22)/t16-/m1/s1. The van der Waals surface area contributed by atoms with Gasteiger partial charge in [0.05, 0.1) is 12.4 Å². The van der Waals surface area contributed by atoms with Crippen molar-refractivity contribution in [2.45, 2.75) is 45.6 Å². The minimum atomic E-state index is 0.567. The number of hydrogen-bond acceptors (Lipinski definition) is 5. The van der Waals surface area contributed by atoms with Gasteiger partial charge in [0, 0.05) is 25.0 Å². The molecule has 0 aliphatic carbocycles. The van der Waals surface area contributed by atoms with Crippen molar-refractivity contribution in [1.29, 1.82) is 0 Å². The van der Waals surface area contributed by atoms with Gasteiger partial charge in [-0.2, -0.15) is 5.10 Å². The van der Waals surface area contributed by atoms with E-state index in [1.54, 1.807) is 23.3 Å². The Morgan fingerprint density at radius 3 is 2.62 bits per heavy atom. The molecular formula is C18H28N6. The Hall–Kier alpha value is -1.95. The average molecular weight is 328 g/mol. The predicted octanol–water partition coefficient (Wildman–Crippen LogP) is 2.97. The van der Waals surface area contributed by atoms with Crippen molar-refractivity contribution in [3.8, 4) is 5.82 Å². The van der Waals surface area contributed by atoms with Gasteiger partial charge in [-0.05, 0) is 37.9 Å². The number of anilines is 1. The topological polar surface area (TPSA) is 58.9 Å². The number of hydrogen-bond donors (Lipinski definition) is 1. The summed E-state index contributed by atoms with van der Waals surface area (Å²) in [6, 6.07) is 2.45. The summed E-state index contributed by atoms with van der Waals surface area (Å²) < 4.78 is 1.73. The number of nitrogens with zero attached hydrogens (tertiary/aromatic N) is 5. The third-order valence-corrected chi connectivity index (χ3v) is 5.06. The Morgan fingerprint density at radius 2 is 1.96 bits per heavy atom. The van der Waals surface area contributed by atoms with Gasteiger partial charge < -0.3 is 5.32 Å². The summed E-state index contributed by atoms with van der Waals surface area (Å²) in [5.74, 6) is 2.28. The smallest absolute Gasteiger partial charge is 0.173 e. The van der Waals surface area contributed by atoms with E-state index in [0.717, 1.165) is 24.1 Å². The van der Waals surface area contributed by atoms with E-state index >= 15 is 0 Å². The lowest BCUT2D eigenvalue weighted by molar-refractivity contribution is 0.175. The first kappa shape index (κ1) is 16.9. The van der Waals surface area contributed by atoms with Crippen LogP contribution in [0.15, 0.2) is 30.9 Å². The van der Waals surface area contributed by atoms with Crippen LogP contribution < -0.4 is 5.32 Å². The van der Waals surface area contributed by atoms with Crippen LogP contribution in [0.5, 0.6) is 0 Å². The molecule has 6 heteroatoms. The van der Waals surface area contributed by atoms with E-state index in [4.69, 9.17) is 0 Å². The monoisotopic (exact) mass is 328 g/mol. The molecule has 1 aliphatic heterocycles. The molecule has 1 fully saturated rings. The van der Waals surface area contributed by atoms with E-state index in [2.05, 4.69) is 39.1 Å². The highest BCUT2D eigenvalue weighted by atomic mass is 15.3. The first-order chi connectivity index (χ1) is 11.8. The molecule has 0 unspecified atom stereocenters. The van der Waals surface area contributed by atoms with E-state index in [1.165, 1.54) is 38.8 Å². The molecule has 130 valence electrons. The fourth-order valence-electron chi connectivity index (χ4n) is 3.66. The van der Waals surface area contributed by atoms with Crippen LogP contribution in [0.25, 0.3) is 5.82 Å². The second-order valence-corrected chi connectivity index (χ2v) is 6.48. The summed E-state index contributed by atoms with van der Waals surface area (Å²) in [5.41, 5.74) is 0. The molecule has 1 aliphatic rings. The molecule has 1 atom stereocenters. The fraction of sp³-hybridized carbons (Fsp3) is 0.611. The average Bonchev–Trinajstić information content (AvgIpc) is 3.32. The quantitative estimate of drug-likeness (QED) is 0.807. The Kier molecular flexibility index (Phi) is 5.80. The van der Waals surface area contributed by atoms with Crippen molar-refractivity contribution >= 4 is 5.82 Å². The minimum Gasteiger partial charge on any atom is -0.367 e. The summed E-state index contributed by atoms with van der Waals surface area (Å²) in [7, 11) is 0. The Bertz CT molecular complexity index is 600. The number of likely N-dealkylation sites (tertiary alicyclic amines) is 1. The summed E-state index contributed by atoms with van der Waals surface area (Å²) in [4.78, 5) is 11.6. The summed E-state index contributed by atoms with van der Waals surface area (Å²) in [6.45, 7) is 7.97. The predicted molar refractivity (Wildman–Crippen MR) is 96.3 cm³/mol. The molecule has 0 amide bonds. The molecule has 3 heterocycles. The van der Waals surface area contributed by atoms with E-state index in [-0.39, 0.29) is 0 Å². The molecule has 3 rings (SSSR count). The van der Waals surface area contributed by atoms with Crippen LogP contribution in [0.3, 0.4) is 0 Å². The molecule has 24 heavy (non-hydrogen) atoms. The van der Waals surface area contributed by atoms with Crippen LogP contribution in [-0.4, -0.2) is 50.3 Å². The van der Waals surface area contributed by atoms with Gasteiger partial charge in [-0.25, -0.2) is 9.67 Å². The van der Waals surface area contributed by atoms with Crippen LogP contribution in [0, 0.1) is 5.92 Å². The van der Waals surface area contributed by atoms with Crippen molar-refractivity contribution in [3.05, 3.63) is 30.9 Å². The van der Waals surface area contributed by atoms with Crippen molar-refractivity contribution in [2.75, 3.05) is 25.0 Å². The van der Waals surface area contributed by atoms with Gasteiger partial charge >= 0.3 is 0 Å². The third kappa shape index (κ3) is 3.93. The maximum absolute atomic E-state index is 4.63. The van der Waals surface area contributed by atoms with Gasteiger partial charge in [0.2, 0.25) is 0 Å². The lowest BCUT2D eigenvalue weighted by Gasteiger charge is -2.34. The fourth-order valence-corrected chi connectivity index (χ4v) is 3.66. The highest BCUT2D eigenvalue weighted by Gasteiger charge is 2.27. The van der Waals surface area contributed by atoms with Gasteiger partial charge in [-0.1, -0.05) is 26.7 Å². The van der Waals surface area contributed by atoms with E-state index in [1.807, 2.05) is 12.3 Å². The lowest BCUT2D eigenvalue weighted by Crippen LogP contribution is -2.43. The largest absolute Gasteiger partial charge is 0.367 e. The molecule has 2 aromatic heterocycles. The van der Waals surface area contributed by atoms with Crippen LogP contribution >= 0.6 is 0 Å². The second-order valence-electron chi connectivity index (χ2n) is 6.48. The number of aromatic nitrogens is 4. The van der Waals surface area contributed by atoms with E-state index in [0.29, 0.717) is 6.04 Å². The highest BCUT2D eigenvalue weighted by molar-refractivity contribution is 5.35. The normalized spacial score (nSPS) is 16.6. The van der Waals surface area contributed by atoms with Gasteiger partial charge in [-0.15, -0.1) is 0 Å². The SMILES string of the molecule is CCC(CC)[C@@H](CNc1cncc(-n2cccn2)n1)N1CCCC1. The molecule has 0 spiro atoms. The Balaban J connectivity index is 1.68. The zero-order chi connectivity index (χ0) is 16.8. The lowest BCUT2D eigenvalue weighted by atomic mass is 9.93. The zero-order valence-electron chi connectivity index (χ0n) is 14.7. The van der Waals surface area contributed by atoms with Crippen LogP contribution in [0.2, 0.25) is 0 Å². The Morgan fingerprint density at radius 1 is 1.17 bits per heavy atom. The van der Waals surface area contributed by atoms with E-state index in [9.17, 15) is 0 Å². The molecule has 1 N–H and O–H groups in total. The van der Waals surface area contributed by atoms with Crippen LogP contribution in [-0.2, 0) is 0 Å². The van der Waals surface area contributed by atoms with Crippen molar-refractivity contribution in [3.63, 3.8) is 0 Å².